The van der Waals surface area contributed by atoms with Crippen molar-refractivity contribution in [1.29, 1.82) is 0 Å². The summed E-state index contributed by atoms with van der Waals surface area (Å²) >= 11 is 0. The lowest BCUT2D eigenvalue weighted by molar-refractivity contribution is -0.127. The van der Waals surface area contributed by atoms with Crippen molar-refractivity contribution in [2.24, 2.45) is 5.92 Å². The Hall–Kier alpha value is -2.30. The quantitative estimate of drug-likeness (QED) is 0.621. The summed E-state index contributed by atoms with van der Waals surface area (Å²) in [6.45, 7) is 5.77. The lowest BCUT2D eigenvalue weighted by Gasteiger charge is -2.31. The zero-order chi connectivity index (χ0) is 16.5. The molecule has 0 aliphatic carbocycles. The maximum atomic E-state index is 12.1. The molecule has 0 radical (unpaired) electrons. The van der Waals surface area contributed by atoms with Gasteiger partial charge in [-0.1, -0.05) is 6.08 Å². The number of nitrogens with zero attached hydrogens (tertiary/aromatic N) is 1. The molecule has 1 fully saturated rings. The molecule has 5 nitrogen and oxygen atoms in total. The van der Waals surface area contributed by atoms with Crippen LogP contribution >= 0.6 is 0 Å². The minimum absolute atomic E-state index is 0.00914. The lowest BCUT2D eigenvalue weighted by Crippen LogP contribution is -2.40. The summed E-state index contributed by atoms with van der Waals surface area (Å²) in [4.78, 5) is 25.5. The van der Waals surface area contributed by atoms with Crippen LogP contribution in [0.5, 0.6) is 0 Å². The number of rotatable bonds is 7. The fraction of sp³-hybridized carbons (Fsp3) is 0.444. The normalized spacial score (nSPS) is 15.7. The first-order chi connectivity index (χ1) is 11.2. The van der Waals surface area contributed by atoms with Gasteiger partial charge in [0.2, 0.25) is 11.8 Å². The Morgan fingerprint density at radius 3 is 2.83 bits per heavy atom. The van der Waals surface area contributed by atoms with Gasteiger partial charge in [0.1, 0.15) is 5.76 Å². The SMILES string of the molecule is C=CCCC(=O)NCC1CCN(C(=O)/C=C/c2ccco2)CC1. The van der Waals surface area contributed by atoms with Crippen molar-refractivity contribution in [3.05, 3.63) is 42.9 Å². The van der Waals surface area contributed by atoms with Gasteiger partial charge in [0.25, 0.3) is 0 Å². The number of carbonyl (C=O) groups is 2. The predicted molar refractivity (Wildman–Crippen MR) is 89.5 cm³/mol. The number of carbonyl (C=O) groups excluding carboxylic acids is 2. The molecule has 0 bridgehead atoms. The average molecular weight is 316 g/mol. The van der Waals surface area contributed by atoms with E-state index in [1.54, 1.807) is 30.6 Å². The number of nitrogens with one attached hydrogen (secondary N) is 1. The van der Waals surface area contributed by atoms with Crippen LogP contribution in [0.15, 0.2) is 41.5 Å². The molecule has 2 heterocycles. The van der Waals surface area contributed by atoms with Crippen LogP contribution < -0.4 is 5.32 Å². The number of piperidine rings is 1. The number of hydrogen-bond acceptors (Lipinski definition) is 3. The topological polar surface area (TPSA) is 62.6 Å². The summed E-state index contributed by atoms with van der Waals surface area (Å²) in [7, 11) is 0. The lowest BCUT2D eigenvalue weighted by atomic mass is 9.96. The Labute approximate surface area is 137 Å². The second kappa shape index (κ2) is 8.98. The van der Waals surface area contributed by atoms with E-state index < -0.39 is 0 Å². The van der Waals surface area contributed by atoms with Crippen molar-refractivity contribution >= 4 is 17.9 Å². The maximum Gasteiger partial charge on any atom is 0.246 e. The number of amides is 2. The van der Waals surface area contributed by atoms with E-state index in [0.717, 1.165) is 25.9 Å². The monoisotopic (exact) mass is 316 g/mol. The Morgan fingerprint density at radius 1 is 1.39 bits per heavy atom. The van der Waals surface area contributed by atoms with Gasteiger partial charge in [0.15, 0.2) is 0 Å². The molecule has 1 aromatic heterocycles. The van der Waals surface area contributed by atoms with Crippen LogP contribution in [-0.2, 0) is 9.59 Å². The van der Waals surface area contributed by atoms with Crippen molar-refractivity contribution in [3.63, 3.8) is 0 Å². The van der Waals surface area contributed by atoms with Crippen molar-refractivity contribution < 1.29 is 14.0 Å². The third-order valence-corrected chi connectivity index (χ3v) is 4.02. The average Bonchev–Trinajstić information content (AvgIpc) is 3.10. The van der Waals surface area contributed by atoms with Gasteiger partial charge in [0, 0.05) is 32.1 Å². The van der Waals surface area contributed by atoms with E-state index in [1.165, 1.54) is 0 Å². The molecule has 0 unspecified atom stereocenters. The highest BCUT2D eigenvalue weighted by Gasteiger charge is 2.21. The molecule has 1 aliphatic heterocycles. The summed E-state index contributed by atoms with van der Waals surface area (Å²) in [5.41, 5.74) is 0. The van der Waals surface area contributed by atoms with Crippen LogP contribution in [0.2, 0.25) is 0 Å². The molecule has 0 aromatic carbocycles. The molecule has 23 heavy (non-hydrogen) atoms. The van der Waals surface area contributed by atoms with Crippen molar-refractivity contribution in [3.8, 4) is 0 Å². The molecule has 124 valence electrons. The van der Waals surface area contributed by atoms with Gasteiger partial charge in [-0.05, 0) is 43.4 Å². The van der Waals surface area contributed by atoms with Crippen LogP contribution in [-0.4, -0.2) is 36.3 Å². The zero-order valence-electron chi connectivity index (χ0n) is 13.4. The third kappa shape index (κ3) is 5.77. The molecule has 1 saturated heterocycles. The first kappa shape index (κ1) is 17.1. The van der Waals surface area contributed by atoms with Crippen molar-refractivity contribution in [2.45, 2.75) is 25.7 Å². The van der Waals surface area contributed by atoms with E-state index in [4.69, 9.17) is 4.42 Å². The summed E-state index contributed by atoms with van der Waals surface area (Å²) in [6.07, 6.45) is 9.62. The van der Waals surface area contributed by atoms with Gasteiger partial charge < -0.3 is 14.6 Å². The summed E-state index contributed by atoms with van der Waals surface area (Å²) in [6, 6.07) is 3.60. The largest absolute Gasteiger partial charge is 0.465 e. The van der Waals surface area contributed by atoms with Gasteiger partial charge in [-0.3, -0.25) is 9.59 Å². The molecule has 0 spiro atoms. The molecule has 0 saturated carbocycles. The van der Waals surface area contributed by atoms with Crippen molar-refractivity contribution in [2.75, 3.05) is 19.6 Å². The Morgan fingerprint density at radius 2 is 2.17 bits per heavy atom. The highest BCUT2D eigenvalue weighted by atomic mass is 16.3. The smallest absolute Gasteiger partial charge is 0.246 e. The molecule has 0 atom stereocenters. The minimum atomic E-state index is 0.00914. The van der Waals surface area contributed by atoms with Crippen LogP contribution in [0.4, 0.5) is 0 Å². The summed E-state index contributed by atoms with van der Waals surface area (Å²) in [5, 5.41) is 2.96. The van der Waals surface area contributed by atoms with Crippen LogP contribution in [0, 0.1) is 5.92 Å². The Kier molecular flexibility index (Phi) is 6.66. The van der Waals surface area contributed by atoms with Crippen LogP contribution in [0.1, 0.15) is 31.4 Å². The molecule has 1 aliphatic rings. The van der Waals surface area contributed by atoms with E-state index in [1.807, 2.05) is 11.0 Å². The maximum absolute atomic E-state index is 12.1. The molecule has 1 N–H and O–H groups in total. The van der Waals surface area contributed by atoms with Gasteiger partial charge in [-0.15, -0.1) is 6.58 Å². The van der Waals surface area contributed by atoms with E-state index in [2.05, 4.69) is 11.9 Å². The molecule has 2 rings (SSSR count). The molecular formula is C18H24N2O3. The van der Waals surface area contributed by atoms with Gasteiger partial charge in [0.05, 0.1) is 6.26 Å². The fourth-order valence-corrected chi connectivity index (χ4v) is 2.58. The minimum Gasteiger partial charge on any atom is -0.465 e. The Bertz CT molecular complexity index is 541. The predicted octanol–water partition coefficient (Wildman–Crippen LogP) is 2.61. The highest BCUT2D eigenvalue weighted by molar-refractivity contribution is 5.91. The molecule has 1 aromatic rings. The molecule has 2 amide bonds. The van der Waals surface area contributed by atoms with Gasteiger partial charge in [-0.25, -0.2) is 0 Å². The molecule has 5 heteroatoms. The van der Waals surface area contributed by atoms with E-state index in [9.17, 15) is 9.59 Å². The number of furan rings is 1. The first-order valence-corrected chi connectivity index (χ1v) is 8.07. The zero-order valence-corrected chi connectivity index (χ0v) is 13.4. The van der Waals surface area contributed by atoms with Gasteiger partial charge in [-0.2, -0.15) is 0 Å². The Balaban J connectivity index is 1.68. The standard InChI is InChI=1S/C18H24N2O3/c1-2-3-6-17(21)19-14-15-9-11-20(12-10-15)18(22)8-7-16-5-4-13-23-16/h2,4-5,7-8,13,15H,1,3,6,9-12,14H2,(H,19,21)/b8-7+. The summed E-state index contributed by atoms with van der Waals surface area (Å²) < 4.78 is 5.17. The van der Waals surface area contributed by atoms with Crippen LogP contribution in [0.25, 0.3) is 6.08 Å². The number of likely N-dealkylation sites (tertiary alicyclic amines) is 1. The first-order valence-electron chi connectivity index (χ1n) is 8.07. The number of hydrogen-bond donors (Lipinski definition) is 1. The number of allylic oxidation sites excluding steroid dienone is 1. The molecular weight excluding hydrogens is 292 g/mol. The van der Waals surface area contributed by atoms with Crippen LogP contribution in [0.3, 0.4) is 0 Å². The van der Waals surface area contributed by atoms with Gasteiger partial charge >= 0.3 is 0 Å². The summed E-state index contributed by atoms with van der Waals surface area (Å²) in [5.74, 6) is 1.20. The van der Waals surface area contributed by atoms with E-state index in [-0.39, 0.29) is 11.8 Å². The fourth-order valence-electron chi connectivity index (χ4n) is 2.58. The highest BCUT2D eigenvalue weighted by Crippen LogP contribution is 2.17. The second-order valence-electron chi connectivity index (χ2n) is 5.75. The third-order valence-electron chi connectivity index (χ3n) is 4.02. The van der Waals surface area contributed by atoms with Crippen molar-refractivity contribution in [1.82, 2.24) is 10.2 Å². The second-order valence-corrected chi connectivity index (χ2v) is 5.75. The van der Waals surface area contributed by atoms with E-state index in [0.29, 0.717) is 31.1 Å². The van der Waals surface area contributed by atoms with E-state index >= 15 is 0 Å².